The lowest BCUT2D eigenvalue weighted by molar-refractivity contribution is -0.115. The number of aliphatic imine (C=N–C) groups is 1. The van der Waals surface area contributed by atoms with Crippen LogP contribution in [0.2, 0.25) is 0 Å². The third-order valence-corrected chi connectivity index (χ3v) is 1.03. The summed E-state index contributed by atoms with van der Waals surface area (Å²) in [5, 5.41) is 0. The van der Waals surface area contributed by atoms with Crippen LogP contribution < -0.4 is 5.73 Å². The molecule has 0 heterocycles. The molecule has 0 aromatic rings. The molecule has 2 N–H and O–H groups in total. The minimum absolute atomic E-state index is 0.332. The lowest BCUT2D eigenvalue weighted by Crippen LogP contribution is -2.37. The van der Waals surface area contributed by atoms with Crippen molar-refractivity contribution in [2.45, 2.75) is 20.0 Å². The van der Waals surface area contributed by atoms with Crippen molar-refractivity contribution in [3.63, 3.8) is 0 Å². The van der Waals surface area contributed by atoms with Gasteiger partial charge in [0, 0.05) is 6.20 Å². The first-order valence-electron chi connectivity index (χ1n) is 3.35. The second kappa shape index (κ2) is 5.61. The number of hydrogen-bond donors (Lipinski definition) is 1. The van der Waals surface area contributed by atoms with Crippen LogP contribution in [-0.4, -0.2) is 23.8 Å². The van der Waals surface area contributed by atoms with Gasteiger partial charge in [0.15, 0.2) is 0 Å². The number of rotatable bonds is 4. The van der Waals surface area contributed by atoms with Crippen LogP contribution in [0.4, 0.5) is 0 Å². The quantitative estimate of drug-likeness (QED) is 0.275. The number of nitrogens with two attached hydrogens (primary N) is 1. The summed E-state index contributed by atoms with van der Waals surface area (Å²) < 4.78 is 0. The number of nitrogens with zero attached hydrogens (tertiary/aromatic N) is 2. The van der Waals surface area contributed by atoms with E-state index in [-0.39, 0.29) is 6.17 Å². The zero-order valence-corrected chi connectivity index (χ0v) is 6.77. The number of carbonyl (C=O) groups is 1. The van der Waals surface area contributed by atoms with E-state index in [1.54, 1.807) is 19.2 Å². The van der Waals surface area contributed by atoms with E-state index < -0.39 is 0 Å². The molecule has 0 radical (unpaired) electrons. The molecule has 0 fully saturated rings. The monoisotopic (exact) mass is 155 g/mol. The molecule has 0 aromatic carbocycles. The molecule has 0 aliphatic heterocycles. The number of allylic oxidation sites excluding steroid dienone is 1. The van der Waals surface area contributed by atoms with Gasteiger partial charge in [-0.25, -0.2) is 4.99 Å². The Balaban J connectivity index is 3.96. The van der Waals surface area contributed by atoms with Crippen molar-refractivity contribution in [1.29, 1.82) is 0 Å². The van der Waals surface area contributed by atoms with Gasteiger partial charge in [-0.1, -0.05) is 6.08 Å². The lowest BCUT2D eigenvalue weighted by Gasteiger charge is -2.14. The second-order valence-electron chi connectivity index (χ2n) is 2.04. The molecule has 0 aromatic heterocycles. The Bertz CT molecular complexity index is 163. The Morgan fingerprint density at radius 2 is 2.27 bits per heavy atom. The molecule has 1 amide bonds. The zero-order chi connectivity index (χ0) is 8.69. The van der Waals surface area contributed by atoms with Crippen LogP contribution in [0, 0.1) is 0 Å². The first kappa shape index (κ1) is 9.84. The molecule has 0 saturated heterocycles. The predicted molar refractivity (Wildman–Crippen MR) is 44.9 cm³/mol. The molecule has 4 nitrogen and oxygen atoms in total. The minimum Gasteiger partial charge on any atom is -0.311 e. The number of carbonyl (C=O) groups excluding carboxylic acids is 1. The van der Waals surface area contributed by atoms with Crippen molar-refractivity contribution < 1.29 is 4.79 Å². The van der Waals surface area contributed by atoms with E-state index in [0.29, 0.717) is 6.41 Å². The maximum atomic E-state index is 10.3. The smallest absolute Gasteiger partial charge is 0.216 e. The SMILES string of the molecule is C/C=C\N=C/N(C=O)[C@@H](C)N. The van der Waals surface area contributed by atoms with E-state index in [4.69, 9.17) is 5.73 Å². The van der Waals surface area contributed by atoms with Gasteiger partial charge < -0.3 is 5.73 Å². The highest BCUT2D eigenvalue weighted by molar-refractivity contribution is 5.72. The Morgan fingerprint density at radius 1 is 1.64 bits per heavy atom. The maximum absolute atomic E-state index is 10.3. The van der Waals surface area contributed by atoms with E-state index in [9.17, 15) is 4.79 Å². The maximum Gasteiger partial charge on any atom is 0.216 e. The Labute approximate surface area is 66.4 Å². The molecule has 4 heteroatoms. The topological polar surface area (TPSA) is 58.7 Å². The summed E-state index contributed by atoms with van der Waals surface area (Å²) in [5.41, 5.74) is 5.41. The number of hydrogen-bond acceptors (Lipinski definition) is 3. The van der Waals surface area contributed by atoms with Crippen molar-refractivity contribution in [1.82, 2.24) is 4.90 Å². The van der Waals surface area contributed by atoms with Gasteiger partial charge in [0.1, 0.15) is 0 Å². The van der Waals surface area contributed by atoms with Crippen LogP contribution in [0.15, 0.2) is 17.3 Å². The van der Waals surface area contributed by atoms with Crippen molar-refractivity contribution in [2.75, 3.05) is 0 Å². The largest absolute Gasteiger partial charge is 0.311 e. The molecule has 1 atom stereocenters. The van der Waals surface area contributed by atoms with Gasteiger partial charge in [0.25, 0.3) is 0 Å². The summed E-state index contributed by atoms with van der Waals surface area (Å²) in [6, 6.07) is 0. The second-order valence-corrected chi connectivity index (χ2v) is 2.04. The number of amides is 1. The van der Waals surface area contributed by atoms with Crippen LogP contribution in [0.25, 0.3) is 0 Å². The van der Waals surface area contributed by atoms with Gasteiger partial charge in [-0.05, 0) is 13.8 Å². The van der Waals surface area contributed by atoms with Crippen LogP contribution in [0.3, 0.4) is 0 Å². The highest BCUT2D eigenvalue weighted by atomic mass is 16.1. The predicted octanol–water partition coefficient (Wildman–Crippen LogP) is 0.311. The standard InChI is InChI=1S/C7H13N3O/c1-3-4-9-5-10(6-11)7(2)8/h3-7H,8H2,1-2H3/b4-3-,9-5-/t7-/m0/s1. The minimum atomic E-state index is -0.332. The fourth-order valence-electron chi connectivity index (χ4n) is 0.430. The molecule has 0 spiro atoms. The van der Waals surface area contributed by atoms with Gasteiger partial charge in [-0.15, -0.1) is 0 Å². The molecule has 62 valence electrons. The van der Waals surface area contributed by atoms with Crippen molar-refractivity contribution in [3.05, 3.63) is 12.3 Å². The molecule has 0 saturated carbocycles. The Hall–Kier alpha value is -1.16. The van der Waals surface area contributed by atoms with Gasteiger partial charge in [0.2, 0.25) is 6.41 Å². The van der Waals surface area contributed by atoms with Gasteiger partial charge in [-0.3, -0.25) is 9.69 Å². The normalized spacial score (nSPS) is 14.1. The highest BCUT2D eigenvalue weighted by Crippen LogP contribution is 1.83. The molecule has 0 bridgehead atoms. The average molecular weight is 155 g/mol. The van der Waals surface area contributed by atoms with E-state index in [0.717, 1.165) is 0 Å². The highest BCUT2D eigenvalue weighted by Gasteiger charge is 2.00. The van der Waals surface area contributed by atoms with E-state index in [2.05, 4.69) is 4.99 Å². The lowest BCUT2D eigenvalue weighted by atomic mass is 10.5. The summed E-state index contributed by atoms with van der Waals surface area (Å²) in [6.45, 7) is 3.55. The van der Waals surface area contributed by atoms with E-state index >= 15 is 0 Å². The average Bonchev–Trinajstić information content (AvgIpc) is 1.97. The van der Waals surface area contributed by atoms with Crippen molar-refractivity contribution >= 4 is 12.7 Å². The van der Waals surface area contributed by atoms with Gasteiger partial charge in [0.05, 0.1) is 12.5 Å². The first-order chi connectivity index (χ1) is 5.22. The third-order valence-electron chi connectivity index (χ3n) is 1.03. The summed E-state index contributed by atoms with van der Waals surface area (Å²) in [7, 11) is 0. The first-order valence-corrected chi connectivity index (χ1v) is 3.35. The zero-order valence-electron chi connectivity index (χ0n) is 6.77. The van der Waals surface area contributed by atoms with Crippen LogP contribution in [-0.2, 0) is 4.79 Å². The summed E-state index contributed by atoms with van der Waals surface area (Å²) >= 11 is 0. The van der Waals surface area contributed by atoms with E-state index in [1.807, 2.05) is 6.92 Å². The van der Waals surface area contributed by atoms with Crippen molar-refractivity contribution in [3.8, 4) is 0 Å². The molecule has 0 aliphatic carbocycles. The Morgan fingerprint density at radius 3 is 2.64 bits per heavy atom. The fourth-order valence-corrected chi connectivity index (χ4v) is 0.430. The van der Waals surface area contributed by atoms with Crippen LogP contribution in [0.5, 0.6) is 0 Å². The fraction of sp³-hybridized carbons (Fsp3) is 0.429. The molecule has 0 aliphatic rings. The molecular weight excluding hydrogens is 142 g/mol. The van der Waals surface area contributed by atoms with Crippen LogP contribution >= 0.6 is 0 Å². The summed E-state index contributed by atoms with van der Waals surface area (Å²) in [6.07, 6.45) is 5.04. The molecule has 0 rings (SSSR count). The molecule has 11 heavy (non-hydrogen) atoms. The van der Waals surface area contributed by atoms with Crippen molar-refractivity contribution in [2.24, 2.45) is 10.7 Å². The third kappa shape index (κ3) is 4.27. The molecular formula is C7H13N3O. The molecule has 0 unspecified atom stereocenters. The van der Waals surface area contributed by atoms with Crippen LogP contribution in [0.1, 0.15) is 13.8 Å². The van der Waals surface area contributed by atoms with E-state index in [1.165, 1.54) is 11.2 Å². The van der Waals surface area contributed by atoms with Gasteiger partial charge >= 0.3 is 0 Å². The van der Waals surface area contributed by atoms with Gasteiger partial charge in [-0.2, -0.15) is 0 Å². The Kier molecular flexibility index (Phi) is 5.02. The summed E-state index contributed by atoms with van der Waals surface area (Å²) in [4.78, 5) is 15.3. The summed E-state index contributed by atoms with van der Waals surface area (Å²) in [5.74, 6) is 0.